The predicted molar refractivity (Wildman–Crippen MR) is 81.6 cm³/mol. The van der Waals surface area contributed by atoms with Crippen molar-refractivity contribution in [2.45, 2.75) is 13.5 Å². The first kappa shape index (κ1) is 15.7. The van der Waals surface area contributed by atoms with Crippen molar-refractivity contribution in [2.24, 2.45) is 0 Å². The zero-order chi connectivity index (χ0) is 14.1. The van der Waals surface area contributed by atoms with E-state index in [9.17, 15) is 0 Å². The number of aromatic nitrogens is 2. The Morgan fingerprint density at radius 3 is 2.86 bits per heavy atom. The van der Waals surface area contributed by atoms with Gasteiger partial charge in [0.2, 0.25) is 0 Å². The van der Waals surface area contributed by atoms with Gasteiger partial charge in [-0.15, -0.1) is 0 Å². The number of anilines is 1. The summed E-state index contributed by atoms with van der Waals surface area (Å²) in [5, 5.41) is 1.81. The fourth-order valence-electron chi connectivity index (χ4n) is 2.40. The van der Waals surface area contributed by atoms with Gasteiger partial charge >= 0.3 is 0 Å². The van der Waals surface area contributed by atoms with Crippen LogP contribution in [0.5, 0.6) is 0 Å². The molecule has 0 radical (unpaired) electrons. The van der Waals surface area contributed by atoms with E-state index < -0.39 is 0 Å². The van der Waals surface area contributed by atoms with E-state index in [1.807, 2.05) is 29.1 Å². The lowest BCUT2D eigenvalue weighted by Crippen LogP contribution is -3.00. The zero-order valence-electron chi connectivity index (χ0n) is 11.6. The van der Waals surface area contributed by atoms with Gasteiger partial charge in [-0.1, -0.05) is 17.7 Å². The Kier molecular flexibility index (Phi) is 4.80. The highest BCUT2D eigenvalue weighted by atomic mass is 79.9. The molecule has 21 heavy (non-hydrogen) atoms. The highest BCUT2D eigenvalue weighted by Gasteiger charge is 2.10. The molecular formula is C16H15BrClN3. The van der Waals surface area contributed by atoms with Gasteiger partial charge in [0.15, 0.2) is 0 Å². The fraction of sp³-hybridized carbons (Fsp3) is 0.125. The number of halogens is 2. The van der Waals surface area contributed by atoms with E-state index >= 15 is 0 Å². The number of nitrogens with two attached hydrogens (primary N) is 1. The molecule has 5 heteroatoms. The van der Waals surface area contributed by atoms with Gasteiger partial charge in [-0.2, -0.15) is 0 Å². The quantitative estimate of drug-likeness (QED) is 0.656. The maximum Gasteiger partial charge on any atom is 0.272 e. The van der Waals surface area contributed by atoms with Gasteiger partial charge in [0.05, 0.1) is 10.5 Å². The number of fused-ring (bicyclic) bond motifs is 1. The van der Waals surface area contributed by atoms with Crippen molar-refractivity contribution in [3.05, 3.63) is 64.9 Å². The molecule has 0 spiro atoms. The Labute approximate surface area is 139 Å². The number of aryl methyl sites for hydroxylation is 1. The first-order valence-electron chi connectivity index (χ1n) is 6.42. The van der Waals surface area contributed by atoms with Crippen LogP contribution in [0.1, 0.15) is 11.1 Å². The van der Waals surface area contributed by atoms with E-state index in [1.165, 1.54) is 5.56 Å². The molecule has 3 aromatic rings. The molecule has 0 fully saturated rings. The summed E-state index contributed by atoms with van der Waals surface area (Å²) in [4.78, 5) is 4.48. The van der Waals surface area contributed by atoms with Crippen LogP contribution in [0, 0.1) is 6.92 Å². The average Bonchev–Trinajstić information content (AvgIpc) is 2.43. The molecule has 3 rings (SSSR count). The third kappa shape index (κ3) is 3.34. The number of nitrogens with zero attached hydrogens (tertiary/aromatic N) is 2. The van der Waals surface area contributed by atoms with Crippen molar-refractivity contribution < 1.29 is 21.5 Å². The summed E-state index contributed by atoms with van der Waals surface area (Å²) in [6.45, 7) is 2.74. The minimum atomic E-state index is 0. The van der Waals surface area contributed by atoms with Gasteiger partial charge in [-0.3, -0.25) is 10.7 Å². The second kappa shape index (κ2) is 6.41. The van der Waals surface area contributed by atoms with Crippen LogP contribution in [0.3, 0.4) is 0 Å². The Bertz CT molecular complexity index is 790. The molecule has 108 valence electrons. The van der Waals surface area contributed by atoms with E-state index in [-0.39, 0.29) is 17.0 Å². The summed E-state index contributed by atoms with van der Waals surface area (Å²) >= 11 is 6.04. The zero-order valence-corrected chi connectivity index (χ0v) is 13.9. The van der Waals surface area contributed by atoms with Crippen LogP contribution in [0.15, 0.2) is 48.8 Å². The number of hydrogen-bond acceptors (Lipinski definition) is 2. The molecule has 0 aliphatic heterocycles. The van der Waals surface area contributed by atoms with Crippen LogP contribution in [0.2, 0.25) is 5.02 Å². The van der Waals surface area contributed by atoms with Gasteiger partial charge in [-0.25, -0.2) is 4.57 Å². The van der Waals surface area contributed by atoms with Gasteiger partial charge in [0.1, 0.15) is 12.7 Å². The molecular weight excluding hydrogens is 350 g/mol. The van der Waals surface area contributed by atoms with Gasteiger partial charge in [-0.05, 0) is 36.8 Å². The molecule has 3 nitrogen and oxygen atoms in total. The molecule has 0 atom stereocenters. The standard InChI is InChI=1S/C16H14ClN3.BrH/c1-11-7-12-3-2-6-19-16(12)13(8-11)9-20-10-14(17)4-5-15(20)18;/h2-8,10,18H,9H2,1H3;1H. The number of rotatable bonds is 2. The van der Waals surface area contributed by atoms with Crippen LogP contribution in [-0.2, 0) is 6.54 Å². The normalized spacial score (nSPS) is 10.4. The number of nitrogen functional groups attached to an aromatic ring is 1. The Morgan fingerprint density at radius 1 is 1.24 bits per heavy atom. The van der Waals surface area contributed by atoms with E-state index in [2.05, 4.69) is 30.1 Å². The highest BCUT2D eigenvalue weighted by Crippen LogP contribution is 2.19. The van der Waals surface area contributed by atoms with Crippen LogP contribution >= 0.6 is 11.6 Å². The van der Waals surface area contributed by atoms with Crippen LogP contribution in [0.25, 0.3) is 10.9 Å². The van der Waals surface area contributed by atoms with E-state index in [1.54, 1.807) is 6.07 Å². The van der Waals surface area contributed by atoms with Crippen LogP contribution in [-0.4, -0.2) is 4.98 Å². The number of hydrogen-bond donors (Lipinski definition) is 1. The van der Waals surface area contributed by atoms with Crippen molar-refractivity contribution in [3.8, 4) is 0 Å². The van der Waals surface area contributed by atoms with Crippen LogP contribution < -0.4 is 27.3 Å². The molecule has 0 aliphatic carbocycles. The summed E-state index contributed by atoms with van der Waals surface area (Å²) in [7, 11) is 0. The monoisotopic (exact) mass is 363 g/mol. The lowest BCUT2D eigenvalue weighted by molar-refractivity contribution is -0.673. The summed E-state index contributed by atoms with van der Waals surface area (Å²) in [6, 6.07) is 11.9. The molecule has 2 heterocycles. The van der Waals surface area contributed by atoms with Crippen molar-refractivity contribution in [2.75, 3.05) is 5.73 Å². The molecule has 0 saturated heterocycles. The molecule has 2 aromatic heterocycles. The number of benzene rings is 1. The topological polar surface area (TPSA) is 42.8 Å². The van der Waals surface area contributed by atoms with Gasteiger partial charge < -0.3 is 17.0 Å². The Balaban J connectivity index is 0.00000161. The first-order valence-corrected chi connectivity index (χ1v) is 6.80. The molecule has 0 bridgehead atoms. The second-order valence-corrected chi connectivity index (χ2v) is 5.34. The smallest absolute Gasteiger partial charge is 0.272 e. The van der Waals surface area contributed by atoms with E-state index in [4.69, 9.17) is 17.3 Å². The lowest BCUT2D eigenvalue weighted by Gasteiger charge is -2.08. The van der Waals surface area contributed by atoms with Crippen molar-refractivity contribution in [1.29, 1.82) is 0 Å². The first-order chi connectivity index (χ1) is 9.63. The predicted octanol–water partition coefficient (Wildman–Crippen LogP) is 0.119. The molecule has 2 N–H and O–H groups in total. The summed E-state index contributed by atoms with van der Waals surface area (Å²) in [5.74, 6) is 0.681. The van der Waals surface area contributed by atoms with Crippen molar-refractivity contribution in [1.82, 2.24) is 4.98 Å². The fourth-order valence-corrected chi connectivity index (χ4v) is 2.58. The largest absolute Gasteiger partial charge is 1.00 e. The molecule has 0 saturated carbocycles. The summed E-state index contributed by atoms with van der Waals surface area (Å²) in [5.41, 5.74) is 9.36. The van der Waals surface area contributed by atoms with E-state index in [0.717, 1.165) is 16.5 Å². The minimum Gasteiger partial charge on any atom is -1.00 e. The maximum atomic E-state index is 6.04. The van der Waals surface area contributed by atoms with Gasteiger partial charge in [0, 0.05) is 23.2 Å². The van der Waals surface area contributed by atoms with Crippen molar-refractivity contribution in [3.63, 3.8) is 0 Å². The van der Waals surface area contributed by atoms with Crippen LogP contribution in [0.4, 0.5) is 5.82 Å². The molecule has 1 aromatic carbocycles. The maximum absolute atomic E-state index is 6.04. The second-order valence-electron chi connectivity index (χ2n) is 4.90. The summed E-state index contributed by atoms with van der Waals surface area (Å²) in [6.07, 6.45) is 3.65. The minimum absolute atomic E-state index is 0. The Hall–Kier alpha value is -1.65. The lowest BCUT2D eigenvalue weighted by atomic mass is 10.1. The molecule has 0 unspecified atom stereocenters. The van der Waals surface area contributed by atoms with Gasteiger partial charge in [0.25, 0.3) is 5.82 Å². The third-order valence-corrected chi connectivity index (χ3v) is 3.52. The van der Waals surface area contributed by atoms with Crippen molar-refractivity contribution >= 4 is 28.3 Å². The summed E-state index contributed by atoms with van der Waals surface area (Å²) < 4.78 is 1.94. The van der Waals surface area contributed by atoms with E-state index in [0.29, 0.717) is 17.4 Å². The molecule has 0 aliphatic rings. The molecule has 0 amide bonds. The Morgan fingerprint density at radius 2 is 2.05 bits per heavy atom. The highest BCUT2D eigenvalue weighted by molar-refractivity contribution is 6.30. The SMILES string of the molecule is Cc1cc(C[n+]2cc(Cl)ccc2N)c2ncccc2c1.[Br-]. The number of pyridine rings is 2. The third-order valence-electron chi connectivity index (χ3n) is 3.29. The average molecular weight is 365 g/mol.